The summed E-state index contributed by atoms with van der Waals surface area (Å²) in [5, 5.41) is 11.7. The number of ketones is 1. The lowest BCUT2D eigenvalue weighted by atomic mass is 9.80. The molecule has 5 rings (SSSR count). The van der Waals surface area contributed by atoms with Gasteiger partial charge in [0.15, 0.2) is 5.78 Å². The molecule has 0 heterocycles. The Morgan fingerprint density at radius 3 is 2.31 bits per heavy atom. The van der Waals surface area contributed by atoms with Crippen molar-refractivity contribution >= 4 is 23.0 Å². The Morgan fingerprint density at radius 2 is 1.62 bits per heavy atom. The van der Waals surface area contributed by atoms with Gasteiger partial charge in [-0.3, -0.25) is 4.79 Å². The number of carbonyl (C=O) groups excluding carboxylic acids is 1. The van der Waals surface area contributed by atoms with Gasteiger partial charge in [0.05, 0.1) is 5.57 Å². The summed E-state index contributed by atoms with van der Waals surface area (Å²) in [6, 6.07) is 13.9. The van der Waals surface area contributed by atoms with Crippen molar-refractivity contribution in [2.75, 3.05) is 0 Å². The molecule has 1 N–H and O–H groups in total. The molecule has 2 fully saturated rings. The molecule has 0 spiro atoms. The van der Waals surface area contributed by atoms with E-state index in [-0.39, 0.29) is 17.6 Å². The Balaban J connectivity index is 1.61. The fraction of sp³-hybridized carbons (Fsp3) is 0.348. The van der Waals surface area contributed by atoms with Crippen molar-refractivity contribution in [3.05, 3.63) is 64.4 Å². The van der Waals surface area contributed by atoms with Crippen LogP contribution in [0.4, 0.5) is 0 Å². The van der Waals surface area contributed by atoms with E-state index < -0.39 is 0 Å². The van der Waals surface area contributed by atoms with Crippen LogP contribution in [0.3, 0.4) is 0 Å². The third kappa shape index (κ3) is 2.21. The van der Waals surface area contributed by atoms with Crippen molar-refractivity contribution in [1.82, 2.24) is 0 Å². The predicted molar refractivity (Wildman–Crippen MR) is 104 cm³/mol. The molecule has 132 valence electrons. The summed E-state index contributed by atoms with van der Waals surface area (Å²) in [6.07, 6.45) is 3.41. The molecule has 3 heteroatoms. The van der Waals surface area contributed by atoms with Crippen LogP contribution in [0.2, 0.25) is 5.02 Å². The maximum atomic E-state index is 13.2. The Kier molecular flexibility index (Phi) is 3.55. The van der Waals surface area contributed by atoms with E-state index in [2.05, 4.69) is 6.07 Å². The zero-order valence-corrected chi connectivity index (χ0v) is 15.5. The van der Waals surface area contributed by atoms with Crippen LogP contribution in [-0.2, 0) is 4.79 Å². The summed E-state index contributed by atoms with van der Waals surface area (Å²) in [5.41, 5.74) is 4.58. The van der Waals surface area contributed by atoms with Gasteiger partial charge in [-0.2, -0.15) is 0 Å². The van der Waals surface area contributed by atoms with Crippen molar-refractivity contribution in [3.63, 3.8) is 0 Å². The number of Topliss-reactive ketones (excluding diaryl/α,β-unsaturated/α-hetero) is 1. The lowest BCUT2D eigenvalue weighted by molar-refractivity contribution is -0.118. The van der Waals surface area contributed by atoms with Crippen LogP contribution in [-0.4, -0.2) is 10.9 Å². The summed E-state index contributed by atoms with van der Waals surface area (Å²) in [7, 11) is 0. The Labute approximate surface area is 158 Å². The predicted octanol–water partition coefficient (Wildman–Crippen LogP) is 5.83. The zero-order chi connectivity index (χ0) is 18.0. The highest BCUT2D eigenvalue weighted by Crippen LogP contribution is 2.60. The number of carbonyl (C=O) groups is 1. The third-order valence-corrected chi connectivity index (χ3v) is 6.97. The molecule has 0 radical (unpaired) electrons. The SMILES string of the molecule is Cc1ccc(-c2ccc(Cl)cc2)cc1C1=C(O)[C@H]2[C@H]3CC[C@H](C3)[C@H]2C1=O. The van der Waals surface area contributed by atoms with Crippen molar-refractivity contribution in [3.8, 4) is 11.1 Å². The molecule has 2 saturated carbocycles. The average Bonchev–Trinajstić information content (AvgIpc) is 3.31. The third-order valence-electron chi connectivity index (χ3n) is 6.72. The van der Waals surface area contributed by atoms with Crippen LogP contribution < -0.4 is 0 Å². The quantitative estimate of drug-likeness (QED) is 0.727. The molecule has 0 saturated heterocycles. The number of fused-ring (bicyclic) bond motifs is 5. The molecule has 26 heavy (non-hydrogen) atoms. The van der Waals surface area contributed by atoms with Crippen LogP contribution in [0.1, 0.15) is 30.4 Å². The van der Waals surface area contributed by atoms with Gasteiger partial charge in [0.25, 0.3) is 0 Å². The largest absolute Gasteiger partial charge is 0.511 e. The highest BCUT2D eigenvalue weighted by molar-refractivity contribution is 6.30. The van der Waals surface area contributed by atoms with Crippen LogP contribution >= 0.6 is 11.6 Å². The molecule has 0 aliphatic heterocycles. The van der Waals surface area contributed by atoms with Crippen LogP contribution in [0.15, 0.2) is 48.2 Å². The lowest BCUT2D eigenvalue weighted by Crippen LogP contribution is -2.24. The van der Waals surface area contributed by atoms with Gasteiger partial charge >= 0.3 is 0 Å². The number of benzene rings is 2. The van der Waals surface area contributed by atoms with Gasteiger partial charge in [-0.15, -0.1) is 0 Å². The molecule has 3 aliphatic carbocycles. The van der Waals surface area contributed by atoms with Crippen LogP contribution in [0, 0.1) is 30.6 Å². The first kappa shape index (κ1) is 16.1. The number of allylic oxidation sites excluding steroid dienone is 2. The molecule has 2 nitrogen and oxygen atoms in total. The molecule has 2 aromatic rings. The molecule has 4 atom stereocenters. The molecule has 2 bridgehead atoms. The summed E-state index contributed by atoms with van der Waals surface area (Å²) in [4.78, 5) is 13.2. The minimum atomic E-state index is 0.0161. The van der Waals surface area contributed by atoms with Crippen molar-refractivity contribution < 1.29 is 9.90 Å². The van der Waals surface area contributed by atoms with Gasteiger partial charge < -0.3 is 5.11 Å². The number of rotatable bonds is 2. The van der Waals surface area contributed by atoms with E-state index in [0.29, 0.717) is 28.2 Å². The van der Waals surface area contributed by atoms with Crippen molar-refractivity contribution in [1.29, 1.82) is 0 Å². The normalized spacial score (nSPS) is 29.5. The fourth-order valence-electron chi connectivity index (χ4n) is 5.51. The molecule has 0 aromatic heterocycles. The first-order valence-corrected chi connectivity index (χ1v) is 9.76. The second-order valence-electron chi connectivity index (χ2n) is 8.05. The number of aliphatic hydroxyl groups is 1. The summed E-state index contributed by atoms with van der Waals surface area (Å²) < 4.78 is 0. The smallest absolute Gasteiger partial charge is 0.170 e. The van der Waals surface area contributed by atoms with E-state index in [0.717, 1.165) is 41.5 Å². The summed E-state index contributed by atoms with van der Waals surface area (Å²) >= 11 is 6.00. The minimum Gasteiger partial charge on any atom is -0.511 e. The average molecular weight is 365 g/mol. The molecule has 0 amide bonds. The number of aliphatic hydroxyl groups excluding tert-OH is 1. The molecular weight excluding hydrogens is 344 g/mol. The van der Waals surface area contributed by atoms with Crippen LogP contribution in [0.5, 0.6) is 0 Å². The lowest BCUT2D eigenvalue weighted by Gasteiger charge is -2.23. The van der Waals surface area contributed by atoms with Crippen molar-refractivity contribution in [2.45, 2.75) is 26.2 Å². The minimum absolute atomic E-state index is 0.0161. The Hall–Kier alpha value is -2.06. The first-order valence-electron chi connectivity index (χ1n) is 9.39. The van der Waals surface area contributed by atoms with Gasteiger partial charge in [0, 0.05) is 16.9 Å². The maximum Gasteiger partial charge on any atom is 0.170 e. The maximum absolute atomic E-state index is 13.2. The number of aryl methyl sites for hydroxylation is 1. The standard InChI is InChI=1S/C23H21ClO2/c1-12-2-3-14(13-6-8-17(24)9-7-13)11-18(12)21-22(25)19-15-4-5-16(10-15)20(19)23(21)26/h2-3,6-9,11,15-16,19-20,25H,4-5,10H2,1H3/t15-,16+,19-,20+/m0/s1. The second-order valence-corrected chi connectivity index (χ2v) is 8.48. The zero-order valence-electron chi connectivity index (χ0n) is 14.7. The summed E-state index contributed by atoms with van der Waals surface area (Å²) in [6.45, 7) is 2.01. The van der Waals surface area contributed by atoms with Crippen LogP contribution in [0.25, 0.3) is 16.7 Å². The van der Waals surface area contributed by atoms with E-state index in [1.807, 2.05) is 43.3 Å². The number of hydrogen-bond donors (Lipinski definition) is 1. The second kappa shape index (κ2) is 5.72. The van der Waals surface area contributed by atoms with Crippen molar-refractivity contribution in [2.24, 2.45) is 23.7 Å². The van der Waals surface area contributed by atoms with E-state index in [1.54, 1.807) is 0 Å². The van der Waals surface area contributed by atoms with Gasteiger partial charge in [-0.25, -0.2) is 0 Å². The highest BCUT2D eigenvalue weighted by atomic mass is 35.5. The van der Waals surface area contributed by atoms with E-state index in [4.69, 9.17) is 11.6 Å². The van der Waals surface area contributed by atoms with E-state index >= 15 is 0 Å². The molecule has 3 aliphatic rings. The highest BCUT2D eigenvalue weighted by Gasteiger charge is 2.57. The first-order chi connectivity index (χ1) is 12.5. The summed E-state index contributed by atoms with van der Waals surface area (Å²) in [5.74, 6) is 1.56. The van der Waals surface area contributed by atoms with Gasteiger partial charge in [-0.1, -0.05) is 35.9 Å². The van der Waals surface area contributed by atoms with E-state index in [9.17, 15) is 9.90 Å². The monoisotopic (exact) mass is 364 g/mol. The Bertz CT molecular complexity index is 941. The van der Waals surface area contributed by atoms with Gasteiger partial charge in [0.1, 0.15) is 5.76 Å². The topological polar surface area (TPSA) is 37.3 Å². The fourth-order valence-corrected chi connectivity index (χ4v) is 5.63. The number of hydrogen-bond acceptors (Lipinski definition) is 2. The molecular formula is C23H21ClO2. The van der Waals surface area contributed by atoms with Gasteiger partial charge in [-0.05, 0) is 78.5 Å². The van der Waals surface area contributed by atoms with Gasteiger partial charge in [0.2, 0.25) is 0 Å². The number of halogens is 1. The van der Waals surface area contributed by atoms with E-state index in [1.165, 1.54) is 0 Å². The Morgan fingerprint density at radius 1 is 0.962 bits per heavy atom. The molecule has 0 unspecified atom stereocenters. The molecule has 2 aromatic carbocycles.